The largest absolute Gasteiger partial charge is 0.507 e. The Morgan fingerprint density at radius 2 is 1.71 bits per heavy atom. The van der Waals surface area contributed by atoms with Crippen LogP contribution < -0.4 is 9.47 Å². The standard InChI is InChI=1S/C23H25NO7/c1-3-30-16-8-5-14(6-9-16)21(27)19-20(24(11-12-25)23(29)22(19)28)15-7-10-17(26)18(13-15)31-4-2/h5-10,13,20,25-27H,3-4,11-12H2,1-2H3. The van der Waals surface area contributed by atoms with E-state index < -0.39 is 17.7 Å². The fourth-order valence-corrected chi connectivity index (χ4v) is 3.57. The minimum Gasteiger partial charge on any atom is -0.507 e. The number of hydrogen-bond donors (Lipinski definition) is 3. The summed E-state index contributed by atoms with van der Waals surface area (Å²) in [6, 6.07) is 10.0. The number of rotatable bonds is 8. The van der Waals surface area contributed by atoms with Gasteiger partial charge in [-0.15, -0.1) is 0 Å². The molecule has 1 aliphatic rings. The van der Waals surface area contributed by atoms with Crippen LogP contribution in [-0.2, 0) is 9.59 Å². The van der Waals surface area contributed by atoms with Crippen LogP contribution in [0.3, 0.4) is 0 Å². The second-order valence-corrected chi connectivity index (χ2v) is 6.83. The molecule has 1 unspecified atom stereocenters. The van der Waals surface area contributed by atoms with Crippen LogP contribution in [0.4, 0.5) is 0 Å². The summed E-state index contributed by atoms with van der Waals surface area (Å²) in [5.41, 5.74) is 0.705. The van der Waals surface area contributed by atoms with Gasteiger partial charge in [-0.3, -0.25) is 9.59 Å². The first kappa shape index (κ1) is 22.2. The van der Waals surface area contributed by atoms with E-state index in [-0.39, 0.29) is 36.0 Å². The molecule has 164 valence electrons. The number of Topliss-reactive ketones (excluding diaryl/α,β-unsaturated/α-hetero) is 1. The number of likely N-dealkylation sites (tertiary alicyclic amines) is 1. The van der Waals surface area contributed by atoms with Crippen molar-refractivity contribution in [2.75, 3.05) is 26.4 Å². The monoisotopic (exact) mass is 427 g/mol. The molecular formula is C23H25NO7. The van der Waals surface area contributed by atoms with E-state index in [1.807, 2.05) is 6.92 Å². The number of aromatic hydroxyl groups is 1. The number of aliphatic hydroxyl groups is 2. The second-order valence-electron chi connectivity index (χ2n) is 6.83. The number of hydrogen-bond acceptors (Lipinski definition) is 7. The minimum absolute atomic E-state index is 0.0868. The smallest absolute Gasteiger partial charge is 0.295 e. The predicted octanol–water partition coefficient (Wildman–Crippen LogP) is 2.60. The maximum atomic E-state index is 12.8. The molecule has 31 heavy (non-hydrogen) atoms. The van der Waals surface area contributed by atoms with Crippen LogP contribution in [0.5, 0.6) is 17.2 Å². The van der Waals surface area contributed by atoms with Gasteiger partial charge in [-0.2, -0.15) is 0 Å². The van der Waals surface area contributed by atoms with E-state index in [0.29, 0.717) is 30.1 Å². The lowest BCUT2D eigenvalue weighted by atomic mass is 9.95. The third-order valence-corrected chi connectivity index (χ3v) is 4.92. The summed E-state index contributed by atoms with van der Waals surface area (Å²) in [4.78, 5) is 26.7. The maximum absolute atomic E-state index is 12.8. The molecule has 1 saturated heterocycles. The molecule has 1 amide bonds. The Morgan fingerprint density at radius 3 is 2.32 bits per heavy atom. The number of phenols is 1. The summed E-state index contributed by atoms with van der Waals surface area (Å²) in [6.45, 7) is 3.95. The van der Waals surface area contributed by atoms with Crippen molar-refractivity contribution in [3.8, 4) is 17.2 Å². The Hall–Kier alpha value is -3.52. The molecule has 8 heteroatoms. The van der Waals surface area contributed by atoms with Gasteiger partial charge >= 0.3 is 0 Å². The van der Waals surface area contributed by atoms with E-state index >= 15 is 0 Å². The molecule has 3 rings (SSSR count). The van der Waals surface area contributed by atoms with Crippen LogP contribution >= 0.6 is 0 Å². The minimum atomic E-state index is -0.946. The molecule has 1 atom stereocenters. The van der Waals surface area contributed by atoms with Gasteiger partial charge in [0.25, 0.3) is 11.7 Å². The van der Waals surface area contributed by atoms with Crippen LogP contribution in [0.15, 0.2) is 48.0 Å². The Morgan fingerprint density at radius 1 is 1.03 bits per heavy atom. The SMILES string of the molecule is CCOc1ccc(C(O)=C2C(=O)C(=O)N(CCO)C2c2ccc(O)c(OCC)c2)cc1. The lowest BCUT2D eigenvalue weighted by Gasteiger charge is -2.25. The highest BCUT2D eigenvalue weighted by Gasteiger charge is 2.46. The van der Waals surface area contributed by atoms with E-state index in [0.717, 1.165) is 0 Å². The number of ketones is 1. The average molecular weight is 427 g/mol. The molecule has 8 nitrogen and oxygen atoms in total. The Bertz CT molecular complexity index is 997. The number of nitrogens with zero attached hydrogens (tertiary/aromatic N) is 1. The molecule has 0 aromatic heterocycles. The second kappa shape index (κ2) is 9.53. The fraction of sp³-hybridized carbons (Fsp3) is 0.304. The topological polar surface area (TPSA) is 117 Å². The van der Waals surface area contributed by atoms with Gasteiger partial charge in [-0.05, 0) is 55.8 Å². The molecular weight excluding hydrogens is 402 g/mol. The van der Waals surface area contributed by atoms with Gasteiger partial charge in [0.15, 0.2) is 11.5 Å². The van der Waals surface area contributed by atoms with E-state index in [2.05, 4.69) is 0 Å². The van der Waals surface area contributed by atoms with Crippen molar-refractivity contribution < 1.29 is 34.4 Å². The van der Waals surface area contributed by atoms with Crippen LogP contribution in [0.2, 0.25) is 0 Å². The molecule has 0 aliphatic carbocycles. The zero-order valence-corrected chi connectivity index (χ0v) is 17.4. The summed E-state index contributed by atoms with van der Waals surface area (Å²) in [5, 5.41) is 30.4. The van der Waals surface area contributed by atoms with Gasteiger partial charge in [0.05, 0.1) is 31.4 Å². The molecule has 1 aliphatic heterocycles. The van der Waals surface area contributed by atoms with Crippen molar-refractivity contribution in [3.05, 3.63) is 59.2 Å². The summed E-state index contributed by atoms with van der Waals surface area (Å²) in [7, 11) is 0. The molecule has 1 heterocycles. The third kappa shape index (κ3) is 4.34. The zero-order chi connectivity index (χ0) is 22.5. The number of carbonyl (C=O) groups is 2. The molecule has 2 aromatic rings. The molecule has 0 radical (unpaired) electrons. The number of phenolic OH excluding ortho intramolecular Hbond substituents is 1. The summed E-state index contributed by atoms with van der Waals surface area (Å²) < 4.78 is 10.8. The number of benzene rings is 2. The van der Waals surface area contributed by atoms with Gasteiger partial charge in [0.1, 0.15) is 11.5 Å². The normalized spacial score (nSPS) is 17.8. The molecule has 1 fully saturated rings. The van der Waals surface area contributed by atoms with Crippen molar-refractivity contribution in [1.29, 1.82) is 0 Å². The number of ether oxygens (including phenoxy) is 2. The van der Waals surface area contributed by atoms with Crippen molar-refractivity contribution in [3.63, 3.8) is 0 Å². The van der Waals surface area contributed by atoms with Gasteiger partial charge in [0.2, 0.25) is 0 Å². The zero-order valence-electron chi connectivity index (χ0n) is 17.4. The van der Waals surface area contributed by atoms with E-state index in [1.54, 1.807) is 37.3 Å². The first-order valence-corrected chi connectivity index (χ1v) is 10.0. The first-order chi connectivity index (χ1) is 14.9. The molecule has 0 bridgehead atoms. The predicted molar refractivity (Wildman–Crippen MR) is 113 cm³/mol. The highest BCUT2D eigenvalue weighted by molar-refractivity contribution is 6.46. The van der Waals surface area contributed by atoms with Crippen LogP contribution in [0.25, 0.3) is 5.76 Å². The van der Waals surface area contributed by atoms with Crippen molar-refractivity contribution in [2.45, 2.75) is 19.9 Å². The highest BCUT2D eigenvalue weighted by Crippen LogP contribution is 2.41. The lowest BCUT2D eigenvalue weighted by molar-refractivity contribution is -0.140. The van der Waals surface area contributed by atoms with E-state index in [4.69, 9.17) is 9.47 Å². The average Bonchev–Trinajstić information content (AvgIpc) is 3.01. The fourth-order valence-electron chi connectivity index (χ4n) is 3.57. The Balaban J connectivity index is 2.14. The molecule has 0 spiro atoms. The number of aliphatic hydroxyl groups excluding tert-OH is 2. The quantitative estimate of drug-likeness (QED) is 0.337. The van der Waals surface area contributed by atoms with Crippen LogP contribution in [0.1, 0.15) is 31.0 Å². The molecule has 2 aromatic carbocycles. The number of carbonyl (C=O) groups excluding carboxylic acids is 2. The van der Waals surface area contributed by atoms with Crippen LogP contribution in [0, 0.1) is 0 Å². The van der Waals surface area contributed by atoms with E-state index in [1.165, 1.54) is 17.0 Å². The maximum Gasteiger partial charge on any atom is 0.295 e. The van der Waals surface area contributed by atoms with Crippen molar-refractivity contribution in [1.82, 2.24) is 4.90 Å². The van der Waals surface area contributed by atoms with Gasteiger partial charge in [-0.1, -0.05) is 6.07 Å². The summed E-state index contributed by atoms with van der Waals surface area (Å²) >= 11 is 0. The van der Waals surface area contributed by atoms with E-state index in [9.17, 15) is 24.9 Å². The van der Waals surface area contributed by atoms with Crippen LogP contribution in [-0.4, -0.2) is 58.3 Å². The highest BCUT2D eigenvalue weighted by atomic mass is 16.5. The van der Waals surface area contributed by atoms with Crippen molar-refractivity contribution >= 4 is 17.4 Å². The van der Waals surface area contributed by atoms with Gasteiger partial charge in [-0.25, -0.2) is 0 Å². The summed E-state index contributed by atoms with van der Waals surface area (Å²) in [6.07, 6.45) is 0. The Kier molecular flexibility index (Phi) is 6.81. The summed E-state index contributed by atoms with van der Waals surface area (Å²) in [5.74, 6) is -1.30. The third-order valence-electron chi connectivity index (χ3n) is 4.92. The first-order valence-electron chi connectivity index (χ1n) is 10.0. The van der Waals surface area contributed by atoms with Gasteiger partial charge in [0, 0.05) is 12.1 Å². The molecule has 3 N–H and O–H groups in total. The van der Waals surface area contributed by atoms with Crippen molar-refractivity contribution in [2.24, 2.45) is 0 Å². The Labute approximate surface area is 180 Å². The number of amides is 1. The lowest BCUT2D eigenvalue weighted by Crippen LogP contribution is -2.32. The number of β-amino-alcohol motifs (C(OH)–C–C–N with tert-alkyl or cyclic N) is 1. The molecule has 0 saturated carbocycles. The van der Waals surface area contributed by atoms with Gasteiger partial charge < -0.3 is 29.7 Å².